The van der Waals surface area contributed by atoms with Crippen LogP contribution in [0.2, 0.25) is 0 Å². The fraction of sp³-hybridized carbons (Fsp3) is 0.526. The van der Waals surface area contributed by atoms with Gasteiger partial charge in [-0.2, -0.15) is 13.2 Å². The Morgan fingerprint density at radius 2 is 1.45 bits per heavy atom. The van der Waals surface area contributed by atoms with Crippen molar-refractivity contribution in [3.05, 3.63) is 35.9 Å². The van der Waals surface area contributed by atoms with Crippen molar-refractivity contribution in [3.63, 3.8) is 0 Å². The molecule has 2 rings (SSSR count). The summed E-state index contributed by atoms with van der Waals surface area (Å²) >= 11 is 0. The van der Waals surface area contributed by atoms with Crippen LogP contribution in [0.3, 0.4) is 0 Å². The van der Waals surface area contributed by atoms with Crippen molar-refractivity contribution in [2.45, 2.75) is 50.8 Å². The third-order valence-electron chi connectivity index (χ3n) is 4.25. The zero-order valence-corrected chi connectivity index (χ0v) is 16.3. The van der Waals surface area contributed by atoms with E-state index in [2.05, 4.69) is 0 Å². The van der Waals surface area contributed by atoms with E-state index in [1.807, 2.05) is 51.1 Å². The van der Waals surface area contributed by atoms with Gasteiger partial charge in [-0.25, -0.2) is 9.59 Å². The van der Waals surface area contributed by atoms with Crippen molar-refractivity contribution in [3.8, 4) is 0 Å². The second kappa shape index (κ2) is 9.15. The van der Waals surface area contributed by atoms with Crippen molar-refractivity contribution >= 4 is 18.0 Å². The van der Waals surface area contributed by atoms with E-state index in [4.69, 9.17) is 14.6 Å². The normalized spacial score (nSPS) is 16.3. The maximum absolute atomic E-state index is 12.1. The van der Waals surface area contributed by atoms with Crippen LogP contribution in [0.4, 0.5) is 18.0 Å². The molecule has 162 valence electrons. The summed E-state index contributed by atoms with van der Waals surface area (Å²) in [6.45, 7) is 6.23. The lowest BCUT2D eigenvalue weighted by molar-refractivity contribution is -0.192. The largest absolute Gasteiger partial charge is 0.490 e. The Morgan fingerprint density at radius 1 is 1.00 bits per heavy atom. The smallest absolute Gasteiger partial charge is 0.481 e. The van der Waals surface area contributed by atoms with Crippen LogP contribution in [0, 0.1) is 0 Å². The van der Waals surface area contributed by atoms with Crippen LogP contribution in [-0.2, 0) is 19.7 Å². The number of carboxylic acids is 2. The Morgan fingerprint density at radius 3 is 1.79 bits per heavy atom. The number of piperidine rings is 1. The number of amides is 1. The summed E-state index contributed by atoms with van der Waals surface area (Å²) in [4.78, 5) is 34.4. The standard InChI is InChI=1S/C17H23NO4.C2HF3O2/c1-16(2,3)22-15(21)18-11-9-17(10-12-18,14(19)20)13-7-5-4-6-8-13;3-2(4,5)1(6)7/h4-8H,9-12H2,1-3H3,(H,19,20);(H,6,7). The Balaban J connectivity index is 0.000000516. The number of aliphatic carboxylic acids is 2. The molecule has 1 aliphatic heterocycles. The van der Waals surface area contributed by atoms with Gasteiger partial charge in [-0.05, 0) is 39.2 Å². The number of nitrogens with zero attached hydrogens (tertiary/aromatic N) is 1. The molecule has 0 spiro atoms. The van der Waals surface area contributed by atoms with E-state index in [0.29, 0.717) is 25.9 Å². The van der Waals surface area contributed by atoms with Crippen LogP contribution >= 0.6 is 0 Å². The molecular formula is C19H24F3NO6. The molecule has 0 aromatic heterocycles. The monoisotopic (exact) mass is 419 g/mol. The van der Waals surface area contributed by atoms with Gasteiger partial charge >= 0.3 is 24.2 Å². The number of likely N-dealkylation sites (tertiary alicyclic amines) is 1. The van der Waals surface area contributed by atoms with Crippen molar-refractivity contribution < 1.29 is 42.5 Å². The zero-order valence-electron chi connectivity index (χ0n) is 16.3. The molecule has 1 fully saturated rings. The Hall–Kier alpha value is -2.78. The molecule has 7 nitrogen and oxygen atoms in total. The second-order valence-corrected chi connectivity index (χ2v) is 7.52. The fourth-order valence-corrected chi connectivity index (χ4v) is 2.78. The highest BCUT2D eigenvalue weighted by atomic mass is 19.4. The van der Waals surface area contributed by atoms with E-state index >= 15 is 0 Å². The second-order valence-electron chi connectivity index (χ2n) is 7.52. The Bertz CT molecular complexity index is 720. The summed E-state index contributed by atoms with van der Waals surface area (Å²) in [5.74, 6) is -3.59. The third kappa shape index (κ3) is 6.95. The highest BCUT2D eigenvalue weighted by Gasteiger charge is 2.44. The first-order valence-electron chi connectivity index (χ1n) is 8.76. The Kier molecular flexibility index (Phi) is 7.65. The van der Waals surface area contributed by atoms with Gasteiger partial charge in [-0.15, -0.1) is 0 Å². The summed E-state index contributed by atoms with van der Waals surface area (Å²) in [5, 5.41) is 16.8. The molecule has 29 heavy (non-hydrogen) atoms. The number of halogens is 3. The molecule has 2 N–H and O–H groups in total. The SMILES string of the molecule is CC(C)(C)OC(=O)N1CCC(C(=O)O)(c2ccccc2)CC1.O=C(O)C(F)(F)F. The van der Waals surface area contributed by atoms with Gasteiger partial charge in [0, 0.05) is 13.1 Å². The number of benzene rings is 1. The lowest BCUT2D eigenvalue weighted by Gasteiger charge is -2.39. The Labute approximate surface area is 166 Å². The maximum atomic E-state index is 12.1. The molecule has 0 aliphatic carbocycles. The molecule has 0 bridgehead atoms. The molecule has 0 unspecified atom stereocenters. The molecule has 1 heterocycles. The average molecular weight is 419 g/mol. The number of carbonyl (C=O) groups excluding carboxylic acids is 1. The average Bonchev–Trinajstić information content (AvgIpc) is 2.60. The molecular weight excluding hydrogens is 395 g/mol. The van der Waals surface area contributed by atoms with Gasteiger partial charge < -0.3 is 19.8 Å². The molecule has 0 saturated carbocycles. The van der Waals surface area contributed by atoms with E-state index in [-0.39, 0.29) is 6.09 Å². The lowest BCUT2D eigenvalue weighted by atomic mass is 9.73. The summed E-state index contributed by atoms with van der Waals surface area (Å²) < 4.78 is 37.1. The molecule has 1 aromatic rings. The van der Waals surface area contributed by atoms with Gasteiger partial charge in [0.1, 0.15) is 5.60 Å². The van der Waals surface area contributed by atoms with E-state index in [9.17, 15) is 27.9 Å². The number of ether oxygens (including phenoxy) is 1. The molecule has 0 radical (unpaired) electrons. The quantitative estimate of drug-likeness (QED) is 0.758. The summed E-state index contributed by atoms with van der Waals surface area (Å²) in [6.07, 6.45) is -4.67. The summed E-state index contributed by atoms with van der Waals surface area (Å²) in [5.41, 5.74) is -0.663. The summed E-state index contributed by atoms with van der Waals surface area (Å²) in [6, 6.07) is 9.25. The van der Waals surface area contributed by atoms with Crippen molar-refractivity contribution in [2.24, 2.45) is 0 Å². The molecule has 1 amide bonds. The van der Waals surface area contributed by atoms with E-state index < -0.39 is 29.1 Å². The lowest BCUT2D eigenvalue weighted by Crippen LogP contribution is -2.50. The first kappa shape index (κ1) is 24.3. The van der Waals surface area contributed by atoms with E-state index in [1.54, 1.807) is 4.90 Å². The van der Waals surface area contributed by atoms with Crippen LogP contribution in [0.25, 0.3) is 0 Å². The van der Waals surface area contributed by atoms with Gasteiger partial charge in [0.15, 0.2) is 0 Å². The highest BCUT2D eigenvalue weighted by molar-refractivity contribution is 5.82. The van der Waals surface area contributed by atoms with Gasteiger partial charge in [-0.3, -0.25) is 4.79 Å². The molecule has 1 saturated heterocycles. The highest BCUT2D eigenvalue weighted by Crippen LogP contribution is 2.36. The minimum Gasteiger partial charge on any atom is -0.481 e. The predicted molar refractivity (Wildman–Crippen MR) is 96.5 cm³/mol. The third-order valence-corrected chi connectivity index (χ3v) is 4.25. The zero-order chi connectivity index (χ0) is 22.5. The molecule has 1 aliphatic rings. The van der Waals surface area contributed by atoms with Crippen molar-refractivity contribution in [1.29, 1.82) is 0 Å². The van der Waals surface area contributed by atoms with Gasteiger partial charge in [-0.1, -0.05) is 30.3 Å². The fourth-order valence-electron chi connectivity index (χ4n) is 2.78. The van der Waals surface area contributed by atoms with E-state index in [1.165, 1.54) is 0 Å². The minimum atomic E-state index is -5.08. The van der Waals surface area contributed by atoms with Crippen LogP contribution in [0.5, 0.6) is 0 Å². The van der Waals surface area contributed by atoms with Gasteiger partial charge in [0.2, 0.25) is 0 Å². The van der Waals surface area contributed by atoms with E-state index in [0.717, 1.165) is 5.56 Å². The molecule has 10 heteroatoms. The molecule has 1 aromatic carbocycles. The van der Waals surface area contributed by atoms with Crippen LogP contribution < -0.4 is 0 Å². The number of carboxylic acid groups (broad SMARTS) is 2. The van der Waals surface area contributed by atoms with Crippen LogP contribution in [0.1, 0.15) is 39.2 Å². The first-order chi connectivity index (χ1) is 13.2. The topological polar surface area (TPSA) is 104 Å². The van der Waals surface area contributed by atoms with Crippen molar-refractivity contribution in [1.82, 2.24) is 4.90 Å². The van der Waals surface area contributed by atoms with Crippen molar-refractivity contribution in [2.75, 3.05) is 13.1 Å². The maximum Gasteiger partial charge on any atom is 0.490 e. The molecule has 0 atom stereocenters. The minimum absolute atomic E-state index is 0.375. The number of hydrogen-bond donors (Lipinski definition) is 2. The number of rotatable bonds is 2. The van der Waals surface area contributed by atoms with Crippen LogP contribution in [0.15, 0.2) is 30.3 Å². The number of alkyl halides is 3. The van der Waals surface area contributed by atoms with Crippen LogP contribution in [-0.4, -0.2) is 58.0 Å². The number of hydrogen-bond acceptors (Lipinski definition) is 4. The predicted octanol–water partition coefficient (Wildman–Crippen LogP) is 3.67. The van der Waals surface area contributed by atoms with Gasteiger partial charge in [0.05, 0.1) is 5.41 Å². The van der Waals surface area contributed by atoms with Gasteiger partial charge in [0.25, 0.3) is 0 Å². The first-order valence-corrected chi connectivity index (χ1v) is 8.76. The summed E-state index contributed by atoms with van der Waals surface area (Å²) in [7, 11) is 0. The number of carbonyl (C=O) groups is 3.